The molecule has 1 saturated heterocycles. The summed E-state index contributed by atoms with van der Waals surface area (Å²) in [7, 11) is 0. The lowest BCUT2D eigenvalue weighted by atomic mass is 10.1. The highest BCUT2D eigenvalue weighted by atomic mass is 32.2. The minimum atomic E-state index is 0.370. The summed E-state index contributed by atoms with van der Waals surface area (Å²) in [6.45, 7) is 4.20. The summed E-state index contributed by atoms with van der Waals surface area (Å²) >= 11 is 1.81. The van der Waals surface area contributed by atoms with Crippen molar-refractivity contribution in [1.82, 2.24) is 19.3 Å². The minimum Gasteiger partial charge on any atom is -0.369 e. The van der Waals surface area contributed by atoms with Gasteiger partial charge in [0.05, 0.1) is 17.9 Å². The number of anilines is 5. The summed E-state index contributed by atoms with van der Waals surface area (Å²) in [5, 5.41) is 16.6. The summed E-state index contributed by atoms with van der Waals surface area (Å²) in [5.74, 6) is 1.21. The molecule has 8 nitrogen and oxygen atoms in total. The SMILES string of the molecule is CSN1CCN(c2ccc(Nc3nc(Nc4cccc(CC#N)c4)c4cc[nH]c4n3)cc2)CC1. The first-order chi connectivity index (χ1) is 16.7. The van der Waals surface area contributed by atoms with Crippen LogP contribution in [-0.2, 0) is 6.42 Å². The van der Waals surface area contributed by atoms with E-state index in [-0.39, 0.29) is 0 Å². The summed E-state index contributed by atoms with van der Waals surface area (Å²) in [4.78, 5) is 15.0. The third kappa shape index (κ3) is 4.93. The number of benzene rings is 2. The number of hydrogen-bond acceptors (Lipinski definition) is 8. The largest absolute Gasteiger partial charge is 0.369 e. The van der Waals surface area contributed by atoms with Crippen molar-refractivity contribution in [2.75, 3.05) is 48.0 Å². The molecular formula is C25H26N8S. The van der Waals surface area contributed by atoms with Gasteiger partial charge in [0.25, 0.3) is 0 Å². The highest BCUT2D eigenvalue weighted by Crippen LogP contribution is 2.27. The van der Waals surface area contributed by atoms with Crippen LogP contribution in [0.1, 0.15) is 5.56 Å². The lowest BCUT2D eigenvalue weighted by Crippen LogP contribution is -2.43. The van der Waals surface area contributed by atoms with Gasteiger partial charge in [0.1, 0.15) is 11.5 Å². The molecular weight excluding hydrogens is 444 g/mol. The Labute approximate surface area is 203 Å². The molecule has 2 aromatic heterocycles. The molecule has 0 saturated carbocycles. The van der Waals surface area contributed by atoms with Crippen LogP contribution in [-0.4, -0.2) is 51.7 Å². The van der Waals surface area contributed by atoms with E-state index in [1.54, 1.807) is 0 Å². The Kier molecular flexibility index (Phi) is 6.51. The van der Waals surface area contributed by atoms with Crippen LogP contribution in [0, 0.1) is 11.3 Å². The summed E-state index contributed by atoms with van der Waals surface area (Å²) < 4.78 is 2.39. The van der Waals surface area contributed by atoms with Gasteiger partial charge < -0.3 is 20.5 Å². The van der Waals surface area contributed by atoms with Crippen molar-refractivity contribution < 1.29 is 0 Å². The Hall–Kier alpha value is -3.74. The zero-order valence-corrected chi connectivity index (χ0v) is 19.8. The molecule has 3 heterocycles. The van der Waals surface area contributed by atoms with Gasteiger partial charge in [0.15, 0.2) is 0 Å². The molecule has 0 radical (unpaired) electrons. The molecule has 1 fully saturated rings. The maximum atomic E-state index is 8.99. The van der Waals surface area contributed by atoms with Gasteiger partial charge in [0, 0.05) is 49.4 Å². The van der Waals surface area contributed by atoms with Crippen LogP contribution < -0.4 is 15.5 Å². The van der Waals surface area contributed by atoms with Gasteiger partial charge >= 0.3 is 0 Å². The number of aromatic amines is 1. The fraction of sp³-hybridized carbons (Fsp3) is 0.240. The molecule has 0 amide bonds. The van der Waals surface area contributed by atoms with Crippen LogP contribution in [0.5, 0.6) is 0 Å². The maximum absolute atomic E-state index is 8.99. The highest BCUT2D eigenvalue weighted by molar-refractivity contribution is 7.96. The fourth-order valence-corrected chi connectivity index (χ4v) is 4.62. The van der Waals surface area contributed by atoms with Gasteiger partial charge in [-0.3, -0.25) is 0 Å². The zero-order valence-electron chi connectivity index (χ0n) is 19.0. The molecule has 3 N–H and O–H groups in total. The normalized spacial score (nSPS) is 14.2. The lowest BCUT2D eigenvalue weighted by molar-refractivity contribution is 0.431. The molecule has 2 aromatic carbocycles. The number of piperazine rings is 1. The van der Waals surface area contributed by atoms with Crippen molar-refractivity contribution in [3.05, 3.63) is 66.4 Å². The van der Waals surface area contributed by atoms with Gasteiger partial charge in [-0.25, -0.2) is 4.31 Å². The Balaban J connectivity index is 1.33. The number of rotatable bonds is 7. The summed E-state index contributed by atoms with van der Waals surface area (Å²) in [6, 6.07) is 20.4. The molecule has 4 aromatic rings. The van der Waals surface area contributed by atoms with E-state index in [1.807, 2.05) is 48.5 Å². The number of nitrogens with one attached hydrogen (secondary N) is 3. The van der Waals surface area contributed by atoms with Crippen LogP contribution in [0.25, 0.3) is 11.0 Å². The van der Waals surface area contributed by atoms with E-state index in [2.05, 4.69) is 66.4 Å². The third-order valence-electron chi connectivity index (χ3n) is 5.87. The Morgan fingerprint density at radius 1 is 1.00 bits per heavy atom. The van der Waals surface area contributed by atoms with Crippen molar-refractivity contribution in [2.45, 2.75) is 6.42 Å². The van der Waals surface area contributed by atoms with Crippen LogP contribution in [0.2, 0.25) is 0 Å². The number of nitrogens with zero attached hydrogens (tertiary/aromatic N) is 5. The number of nitriles is 1. The predicted octanol–water partition coefficient (Wildman–Crippen LogP) is 4.91. The molecule has 0 atom stereocenters. The van der Waals surface area contributed by atoms with Crippen LogP contribution in [0.15, 0.2) is 60.8 Å². The van der Waals surface area contributed by atoms with E-state index in [1.165, 1.54) is 5.69 Å². The first kappa shape index (κ1) is 22.1. The van der Waals surface area contributed by atoms with Gasteiger partial charge in [-0.1, -0.05) is 24.1 Å². The Morgan fingerprint density at radius 2 is 1.82 bits per heavy atom. The van der Waals surface area contributed by atoms with Gasteiger partial charge in [-0.2, -0.15) is 15.2 Å². The van der Waals surface area contributed by atoms with Crippen molar-refractivity contribution in [3.63, 3.8) is 0 Å². The molecule has 0 spiro atoms. The summed E-state index contributed by atoms with van der Waals surface area (Å²) in [5.41, 5.74) is 4.74. The Bertz CT molecular complexity index is 1300. The first-order valence-corrected chi connectivity index (χ1v) is 12.4. The monoisotopic (exact) mass is 470 g/mol. The number of H-pyrrole nitrogens is 1. The van der Waals surface area contributed by atoms with E-state index >= 15 is 0 Å². The second kappa shape index (κ2) is 10.0. The van der Waals surface area contributed by atoms with Crippen LogP contribution in [0.4, 0.5) is 28.8 Å². The predicted molar refractivity (Wildman–Crippen MR) is 140 cm³/mol. The van der Waals surface area contributed by atoms with Gasteiger partial charge in [0.2, 0.25) is 5.95 Å². The van der Waals surface area contributed by atoms with E-state index in [9.17, 15) is 0 Å². The topological polar surface area (TPSA) is 95.9 Å². The van der Waals surface area contributed by atoms with E-state index in [0.717, 1.165) is 54.2 Å². The molecule has 1 aliphatic heterocycles. The standard InChI is InChI=1S/C25H26N8S/c1-34-33-15-13-32(14-16-33)21-7-5-19(6-8-21)29-25-30-23-22(10-12-27-23)24(31-25)28-20-4-2-3-18(17-20)9-11-26/h2-8,10,12,17H,9,13-16H2,1H3,(H3,27,28,29,30,31). The number of hydrogen-bond donors (Lipinski definition) is 3. The molecule has 1 aliphatic rings. The lowest BCUT2D eigenvalue weighted by Gasteiger charge is -2.34. The van der Waals surface area contributed by atoms with Crippen molar-refractivity contribution in [3.8, 4) is 6.07 Å². The van der Waals surface area contributed by atoms with Crippen molar-refractivity contribution >= 4 is 51.8 Å². The van der Waals surface area contributed by atoms with Crippen LogP contribution in [0.3, 0.4) is 0 Å². The quantitative estimate of drug-likeness (QED) is 0.328. The fourth-order valence-electron chi connectivity index (χ4n) is 4.09. The van der Waals surface area contributed by atoms with Crippen LogP contribution >= 0.6 is 11.9 Å². The van der Waals surface area contributed by atoms with Gasteiger partial charge in [-0.05, 0) is 54.3 Å². The first-order valence-electron chi connectivity index (χ1n) is 11.2. The average molecular weight is 471 g/mol. The number of fused-ring (bicyclic) bond motifs is 1. The van der Waals surface area contributed by atoms with E-state index in [0.29, 0.717) is 18.2 Å². The number of aromatic nitrogens is 3. The minimum absolute atomic E-state index is 0.370. The molecule has 0 unspecified atom stereocenters. The molecule has 0 aliphatic carbocycles. The highest BCUT2D eigenvalue weighted by Gasteiger charge is 2.16. The maximum Gasteiger partial charge on any atom is 0.231 e. The second-order valence-corrected chi connectivity index (χ2v) is 8.95. The van der Waals surface area contributed by atoms with Crippen molar-refractivity contribution in [1.29, 1.82) is 5.26 Å². The zero-order chi connectivity index (χ0) is 23.3. The molecule has 172 valence electrons. The average Bonchev–Trinajstić information content (AvgIpc) is 3.34. The molecule has 5 rings (SSSR count). The molecule has 9 heteroatoms. The third-order valence-corrected chi connectivity index (χ3v) is 6.76. The van der Waals surface area contributed by atoms with E-state index < -0.39 is 0 Å². The smallest absolute Gasteiger partial charge is 0.231 e. The van der Waals surface area contributed by atoms with Crippen molar-refractivity contribution in [2.24, 2.45) is 0 Å². The van der Waals surface area contributed by atoms with E-state index in [4.69, 9.17) is 10.2 Å². The summed E-state index contributed by atoms with van der Waals surface area (Å²) in [6.07, 6.45) is 4.36. The van der Waals surface area contributed by atoms with Gasteiger partial charge in [-0.15, -0.1) is 0 Å². The second-order valence-electron chi connectivity index (χ2n) is 8.07. The molecule has 0 bridgehead atoms. The molecule has 34 heavy (non-hydrogen) atoms. The Morgan fingerprint density at radius 3 is 2.59 bits per heavy atom.